The third-order valence-corrected chi connectivity index (χ3v) is 8.56. The second-order valence-electron chi connectivity index (χ2n) is 10.6. The summed E-state index contributed by atoms with van der Waals surface area (Å²) < 4.78 is 0. The van der Waals surface area contributed by atoms with Gasteiger partial charge >= 0.3 is 0 Å². The number of hydrogen-bond acceptors (Lipinski definition) is 3. The lowest BCUT2D eigenvalue weighted by atomic mass is 9.72. The number of halogens is 1. The topological polar surface area (TPSA) is 53.5 Å². The maximum Gasteiger partial charge on any atom is 0.229 e. The number of hydrogen-bond donors (Lipinski definition) is 0. The van der Waals surface area contributed by atoms with E-state index in [0.717, 1.165) is 23.4 Å². The van der Waals surface area contributed by atoms with Gasteiger partial charge in [0.05, 0.1) is 5.41 Å². The minimum absolute atomic E-state index is 0.0500. The molecule has 0 radical (unpaired) electrons. The van der Waals surface area contributed by atoms with Crippen molar-refractivity contribution in [3.8, 4) is 0 Å². The molecule has 0 N–H and O–H groups in total. The van der Waals surface area contributed by atoms with Gasteiger partial charge in [-0.1, -0.05) is 48.0 Å². The summed E-state index contributed by atoms with van der Waals surface area (Å²) in [5.74, 6) is 0.787. The van der Waals surface area contributed by atoms with E-state index in [1.165, 1.54) is 16.7 Å². The Morgan fingerprint density at radius 2 is 1.67 bits per heavy atom. The molecule has 1 aromatic heterocycles. The number of amides is 2. The maximum absolute atomic E-state index is 14.1. The molecule has 2 aromatic carbocycles. The number of carbonyl (C=O) groups is 2. The standard InChI is InChI=1S/C30H30ClN3O2/c31-25-7-5-22(6-8-25)26-17-27(26)28(35)33-15-11-30(12-16-33)18-23-3-1-2-4-24(23)20-34(29(30)36)19-21-9-13-32-14-10-21/h1-10,13-14,26-27H,11-12,15-20H2/t26-,27-/m1/s1. The number of fused-ring (bicyclic) bond motifs is 1. The molecule has 2 atom stereocenters. The number of piperidine rings is 1. The van der Waals surface area contributed by atoms with Gasteiger partial charge in [0.2, 0.25) is 11.8 Å². The van der Waals surface area contributed by atoms with Gasteiger partial charge in [0.15, 0.2) is 0 Å². The largest absolute Gasteiger partial charge is 0.342 e. The van der Waals surface area contributed by atoms with Gasteiger partial charge in [0, 0.05) is 49.5 Å². The summed E-state index contributed by atoms with van der Waals surface area (Å²) >= 11 is 6.03. The predicted octanol–water partition coefficient (Wildman–Crippen LogP) is 5.23. The summed E-state index contributed by atoms with van der Waals surface area (Å²) in [6.07, 6.45) is 6.61. The molecule has 1 saturated heterocycles. The van der Waals surface area contributed by atoms with Crippen LogP contribution in [0.2, 0.25) is 5.02 Å². The lowest BCUT2D eigenvalue weighted by molar-refractivity contribution is -0.149. The zero-order valence-electron chi connectivity index (χ0n) is 20.3. The minimum Gasteiger partial charge on any atom is -0.342 e. The van der Waals surface area contributed by atoms with Crippen molar-refractivity contribution >= 4 is 23.4 Å². The molecule has 184 valence electrons. The number of aromatic nitrogens is 1. The number of pyridine rings is 1. The Balaban J connectivity index is 1.18. The van der Waals surface area contributed by atoms with E-state index < -0.39 is 5.41 Å². The van der Waals surface area contributed by atoms with Crippen molar-refractivity contribution in [2.45, 2.75) is 44.7 Å². The van der Waals surface area contributed by atoms with Crippen molar-refractivity contribution in [2.75, 3.05) is 13.1 Å². The highest BCUT2D eigenvalue weighted by molar-refractivity contribution is 6.30. The summed E-state index contributed by atoms with van der Waals surface area (Å²) in [4.78, 5) is 35.5. The predicted molar refractivity (Wildman–Crippen MR) is 139 cm³/mol. The minimum atomic E-state index is -0.463. The van der Waals surface area contributed by atoms with Crippen LogP contribution >= 0.6 is 11.6 Å². The number of nitrogens with zero attached hydrogens (tertiary/aromatic N) is 3. The van der Waals surface area contributed by atoms with E-state index in [2.05, 4.69) is 29.2 Å². The van der Waals surface area contributed by atoms with E-state index in [9.17, 15) is 9.59 Å². The first-order chi connectivity index (χ1) is 17.5. The first-order valence-electron chi connectivity index (χ1n) is 12.8. The molecule has 36 heavy (non-hydrogen) atoms. The van der Waals surface area contributed by atoms with Gasteiger partial charge in [-0.25, -0.2) is 0 Å². The molecule has 1 spiro atoms. The van der Waals surface area contributed by atoms with E-state index in [4.69, 9.17) is 11.6 Å². The highest BCUT2D eigenvalue weighted by Crippen LogP contribution is 2.49. The van der Waals surface area contributed by atoms with Crippen LogP contribution in [0, 0.1) is 11.3 Å². The third kappa shape index (κ3) is 4.41. The second-order valence-corrected chi connectivity index (χ2v) is 11.0. The third-order valence-electron chi connectivity index (χ3n) is 8.31. The molecule has 1 saturated carbocycles. The molecule has 0 unspecified atom stereocenters. The first kappa shape index (κ1) is 23.2. The van der Waals surface area contributed by atoms with E-state index in [-0.39, 0.29) is 23.7 Å². The SMILES string of the molecule is O=C([C@@H]1C[C@@H]1c1ccc(Cl)cc1)N1CCC2(CC1)Cc1ccccc1CN(Cc1ccncc1)C2=O. The van der Waals surface area contributed by atoms with Crippen molar-refractivity contribution in [3.05, 3.63) is 100 Å². The molecule has 2 amide bonds. The van der Waals surface area contributed by atoms with E-state index in [0.29, 0.717) is 39.0 Å². The molecule has 1 aliphatic carbocycles. The quantitative estimate of drug-likeness (QED) is 0.493. The zero-order valence-corrected chi connectivity index (χ0v) is 21.0. The highest BCUT2D eigenvalue weighted by atomic mass is 35.5. The molecule has 6 rings (SSSR count). The van der Waals surface area contributed by atoms with Crippen molar-refractivity contribution in [1.29, 1.82) is 0 Å². The van der Waals surface area contributed by atoms with Gasteiger partial charge < -0.3 is 9.80 Å². The van der Waals surface area contributed by atoms with E-state index in [1.54, 1.807) is 12.4 Å². The highest BCUT2D eigenvalue weighted by Gasteiger charge is 2.50. The fourth-order valence-corrected chi connectivity index (χ4v) is 6.23. The first-order valence-corrected chi connectivity index (χ1v) is 13.2. The van der Waals surface area contributed by atoms with Crippen LogP contribution in [0.4, 0.5) is 0 Å². The molecular formula is C30H30ClN3O2. The summed E-state index contributed by atoms with van der Waals surface area (Å²) in [5.41, 5.74) is 4.29. The van der Waals surface area contributed by atoms with Crippen molar-refractivity contribution in [2.24, 2.45) is 11.3 Å². The second kappa shape index (κ2) is 9.36. The Labute approximate surface area is 217 Å². The van der Waals surface area contributed by atoms with Crippen LogP contribution in [0.3, 0.4) is 0 Å². The van der Waals surface area contributed by atoms with E-state index >= 15 is 0 Å². The Morgan fingerprint density at radius 1 is 0.972 bits per heavy atom. The molecule has 6 heteroatoms. The van der Waals surface area contributed by atoms with Gasteiger partial charge in [-0.05, 0) is 78.1 Å². The van der Waals surface area contributed by atoms with Gasteiger partial charge in [-0.2, -0.15) is 0 Å². The van der Waals surface area contributed by atoms with Gasteiger partial charge in [0.1, 0.15) is 0 Å². The molecule has 0 bridgehead atoms. The number of rotatable bonds is 4. The molecule has 3 aliphatic rings. The van der Waals surface area contributed by atoms with Crippen LogP contribution < -0.4 is 0 Å². The molecule has 2 fully saturated rings. The summed E-state index contributed by atoms with van der Waals surface area (Å²) in [5, 5.41) is 0.719. The maximum atomic E-state index is 14.1. The van der Waals surface area contributed by atoms with Crippen LogP contribution in [-0.2, 0) is 29.1 Å². The van der Waals surface area contributed by atoms with E-state index in [1.807, 2.05) is 46.2 Å². The van der Waals surface area contributed by atoms with Gasteiger partial charge in [0.25, 0.3) is 0 Å². The lowest BCUT2D eigenvalue weighted by Crippen LogP contribution is -2.51. The smallest absolute Gasteiger partial charge is 0.229 e. The Hall–Kier alpha value is -3.18. The van der Waals surface area contributed by atoms with Crippen molar-refractivity contribution < 1.29 is 9.59 Å². The fourth-order valence-electron chi connectivity index (χ4n) is 6.10. The zero-order chi connectivity index (χ0) is 24.7. The summed E-state index contributed by atoms with van der Waals surface area (Å²) in [7, 11) is 0. The lowest BCUT2D eigenvalue weighted by Gasteiger charge is -2.42. The van der Waals surface area contributed by atoms with Crippen LogP contribution in [0.1, 0.15) is 47.4 Å². The number of benzene rings is 2. The van der Waals surface area contributed by atoms with Crippen LogP contribution in [-0.4, -0.2) is 39.7 Å². The molecule has 5 nitrogen and oxygen atoms in total. The Bertz CT molecular complexity index is 1270. The molecule has 3 aromatic rings. The summed E-state index contributed by atoms with van der Waals surface area (Å²) in [6.45, 7) is 2.47. The number of likely N-dealkylation sites (tertiary alicyclic amines) is 1. The molecule has 2 aliphatic heterocycles. The molecular weight excluding hydrogens is 470 g/mol. The fraction of sp³-hybridized carbons (Fsp3) is 0.367. The normalized spacial score (nSPS) is 22.8. The average molecular weight is 500 g/mol. The monoisotopic (exact) mass is 499 g/mol. The van der Waals surface area contributed by atoms with Crippen molar-refractivity contribution in [3.63, 3.8) is 0 Å². The summed E-state index contributed by atoms with van der Waals surface area (Å²) in [6, 6.07) is 20.2. The Kier molecular flexibility index (Phi) is 6.04. The van der Waals surface area contributed by atoms with Gasteiger partial charge in [-0.15, -0.1) is 0 Å². The van der Waals surface area contributed by atoms with Crippen LogP contribution in [0.15, 0.2) is 73.1 Å². The Morgan fingerprint density at radius 3 is 2.39 bits per heavy atom. The van der Waals surface area contributed by atoms with Gasteiger partial charge in [-0.3, -0.25) is 14.6 Å². The van der Waals surface area contributed by atoms with Crippen LogP contribution in [0.25, 0.3) is 0 Å². The van der Waals surface area contributed by atoms with Crippen molar-refractivity contribution in [1.82, 2.24) is 14.8 Å². The number of carbonyl (C=O) groups excluding carboxylic acids is 2. The average Bonchev–Trinajstić information content (AvgIpc) is 3.72. The van der Waals surface area contributed by atoms with Crippen LogP contribution in [0.5, 0.6) is 0 Å². The molecule has 3 heterocycles.